The number of nitrogens with two attached hydrogens (primary N) is 1. The maximum Gasteiger partial charge on any atom is 0.418 e. The van der Waals surface area contributed by atoms with Gasteiger partial charge in [0.25, 0.3) is 0 Å². The standard InChI is InChI=1S/C14H17F3N2/c1-2-19-11(6-4-8-18)9-10-5-3-7-12(13(10)19)14(15,16)17/h3,5,7,9H,2,4,6,8,18H2,1H3. The second-order valence-electron chi connectivity index (χ2n) is 4.51. The van der Waals surface area contributed by atoms with Gasteiger partial charge in [0.05, 0.1) is 11.1 Å². The van der Waals surface area contributed by atoms with Crippen LogP contribution in [0.3, 0.4) is 0 Å². The van der Waals surface area contributed by atoms with Gasteiger partial charge in [0.15, 0.2) is 0 Å². The van der Waals surface area contributed by atoms with Crippen LogP contribution in [0.15, 0.2) is 24.3 Å². The Morgan fingerprint density at radius 3 is 2.58 bits per heavy atom. The van der Waals surface area contributed by atoms with Crippen LogP contribution in [0.1, 0.15) is 24.6 Å². The molecule has 0 spiro atoms. The van der Waals surface area contributed by atoms with E-state index in [1.807, 2.05) is 13.0 Å². The molecule has 1 aromatic heterocycles. The zero-order valence-electron chi connectivity index (χ0n) is 10.8. The average molecular weight is 270 g/mol. The number of aromatic nitrogens is 1. The summed E-state index contributed by atoms with van der Waals surface area (Å²) in [5.74, 6) is 0. The van der Waals surface area contributed by atoms with E-state index in [-0.39, 0.29) is 5.52 Å². The van der Waals surface area contributed by atoms with Crippen molar-refractivity contribution in [3.05, 3.63) is 35.5 Å². The molecule has 0 amide bonds. The summed E-state index contributed by atoms with van der Waals surface area (Å²) in [4.78, 5) is 0. The Balaban J connectivity index is 2.64. The van der Waals surface area contributed by atoms with E-state index in [1.165, 1.54) is 6.07 Å². The van der Waals surface area contributed by atoms with Crippen LogP contribution in [0.4, 0.5) is 13.2 Å². The number of halogens is 3. The molecule has 19 heavy (non-hydrogen) atoms. The molecule has 0 bridgehead atoms. The summed E-state index contributed by atoms with van der Waals surface area (Å²) in [5, 5.41) is 0.642. The molecule has 104 valence electrons. The summed E-state index contributed by atoms with van der Waals surface area (Å²) in [5.41, 5.74) is 6.11. The van der Waals surface area contributed by atoms with Gasteiger partial charge in [0.2, 0.25) is 0 Å². The first kappa shape index (κ1) is 13.9. The topological polar surface area (TPSA) is 30.9 Å². The number of alkyl halides is 3. The third-order valence-electron chi connectivity index (χ3n) is 3.26. The number of aryl methyl sites for hydroxylation is 2. The Kier molecular flexibility index (Phi) is 3.85. The molecule has 2 nitrogen and oxygen atoms in total. The zero-order chi connectivity index (χ0) is 14.0. The van der Waals surface area contributed by atoms with Gasteiger partial charge < -0.3 is 10.3 Å². The van der Waals surface area contributed by atoms with Crippen LogP contribution in [0.25, 0.3) is 10.9 Å². The second-order valence-corrected chi connectivity index (χ2v) is 4.51. The number of hydrogen-bond acceptors (Lipinski definition) is 1. The Morgan fingerprint density at radius 2 is 2.00 bits per heavy atom. The largest absolute Gasteiger partial charge is 0.418 e. The van der Waals surface area contributed by atoms with Gasteiger partial charge >= 0.3 is 6.18 Å². The van der Waals surface area contributed by atoms with Crippen molar-refractivity contribution in [2.45, 2.75) is 32.5 Å². The van der Waals surface area contributed by atoms with Crippen molar-refractivity contribution in [2.75, 3.05) is 6.54 Å². The number of benzene rings is 1. The van der Waals surface area contributed by atoms with Crippen molar-refractivity contribution in [2.24, 2.45) is 5.73 Å². The van der Waals surface area contributed by atoms with E-state index < -0.39 is 11.7 Å². The molecule has 2 aromatic rings. The molecule has 1 aromatic carbocycles. The van der Waals surface area contributed by atoms with E-state index in [4.69, 9.17) is 5.73 Å². The third-order valence-corrected chi connectivity index (χ3v) is 3.26. The average Bonchev–Trinajstić information content (AvgIpc) is 2.72. The Morgan fingerprint density at radius 1 is 1.26 bits per heavy atom. The molecular weight excluding hydrogens is 253 g/mol. The Bertz CT molecular complexity index is 570. The summed E-state index contributed by atoms with van der Waals surface area (Å²) in [6, 6.07) is 6.16. The lowest BCUT2D eigenvalue weighted by Gasteiger charge is -2.13. The Labute approximate surface area is 110 Å². The highest BCUT2D eigenvalue weighted by molar-refractivity contribution is 5.85. The van der Waals surface area contributed by atoms with Crippen LogP contribution < -0.4 is 5.73 Å². The minimum Gasteiger partial charge on any atom is -0.344 e. The third kappa shape index (κ3) is 2.61. The first-order valence-corrected chi connectivity index (χ1v) is 6.37. The van der Waals surface area contributed by atoms with E-state index >= 15 is 0 Å². The van der Waals surface area contributed by atoms with Crippen LogP contribution >= 0.6 is 0 Å². The number of fused-ring (bicyclic) bond motifs is 1. The summed E-state index contributed by atoms with van der Waals surface area (Å²) in [6.45, 7) is 2.92. The zero-order valence-corrected chi connectivity index (χ0v) is 10.8. The van der Waals surface area contributed by atoms with E-state index in [1.54, 1.807) is 10.6 Å². The van der Waals surface area contributed by atoms with Gasteiger partial charge in [-0.05, 0) is 38.4 Å². The minimum absolute atomic E-state index is 0.282. The quantitative estimate of drug-likeness (QED) is 0.904. The number of rotatable bonds is 4. The van der Waals surface area contributed by atoms with Crippen molar-refractivity contribution >= 4 is 10.9 Å². The monoisotopic (exact) mass is 270 g/mol. The first-order valence-electron chi connectivity index (χ1n) is 6.37. The van der Waals surface area contributed by atoms with Crippen LogP contribution in [0.2, 0.25) is 0 Å². The molecule has 5 heteroatoms. The van der Waals surface area contributed by atoms with E-state index in [2.05, 4.69) is 0 Å². The second kappa shape index (κ2) is 5.25. The smallest absolute Gasteiger partial charge is 0.344 e. The maximum atomic E-state index is 13.1. The fraction of sp³-hybridized carbons (Fsp3) is 0.429. The van der Waals surface area contributed by atoms with Gasteiger partial charge in [0.1, 0.15) is 0 Å². The van der Waals surface area contributed by atoms with Crippen molar-refractivity contribution in [3.63, 3.8) is 0 Å². The van der Waals surface area contributed by atoms with Crippen LogP contribution in [-0.2, 0) is 19.1 Å². The SMILES string of the molecule is CCn1c(CCCN)cc2cccc(C(F)(F)F)c21. The molecule has 2 rings (SSSR count). The van der Waals surface area contributed by atoms with Crippen molar-refractivity contribution in [1.29, 1.82) is 0 Å². The normalized spacial score (nSPS) is 12.3. The molecule has 0 unspecified atom stereocenters. The number of hydrogen-bond donors (Lipinski definition) is 1. The molecule has 0 fully saturated rings. The van der Waals surface area contributed by atoms with Crippen molar-refractivity contribution < 1.29 is 13.2 Å². The molecular formula is C14H17F3N2. The summed E-state index contributed by atoms with van der Waals surface area (Å²) >= 11 is 0. The van der Waals surface area contributed by atoms with Gasteiger partial charge in [-0.2, -0.15) is 13.2 Å². The van der Waals surface area contributed by atoms with Gasteiger partial charge in [-0.15, -0.1) is 0 Å². The molecule has 0 radical (unpaired) electrons. The highest BCUT2D eigenvalue weighted by Gasteiger charge is 2.33. The lowest BCUT2D eigenvalue weighted by molar-refractivity contribution is -0.136. The van der Waals surface area contributed by atoms with Crippen LogP contribution in [-0.4, -0.2) is 11.1 Å². The van der Waals surface area contributed by atoms with Gasteiger partial charge in [-0.3, -0.25) is 0 Å². The van der Waals surface area contributed by atoms with Crippen LogP contribution in [0.5, 0.6) is 0 Å². The Hall–Kier alpha value is -1.49. The van der Waals surface area contributed by atoms with E-state index in [9.17, 15) is 13.2 Å². The molecule has 0 saturated heterocycles. The molecule has 0 atom stereocenters. The lowest BCUT2D eigenvalue weighted by atomic mass is 10.1. The van der Waals surface area contributed by atoms with Gasteiger partial charge in [0, 0.05) is 17.6 Å². The molecule has 0 aliphatic heterocycles. The number of para-hydroxylation sites is 1. The number of nitrogens with zero attached hydrogens (tertiary/aromatic N) is 1. The van der Waals surface area contributed by atoms with E-state index in [0.29, 0.717) is 24.9 Å². The molecule has 0 aliphatic carbocycles. The van der Waals surface area contributed by atoms with Crippen molar-refractivity contribution in [1.82, 2.24) is 4.57 Å². The predicted molar refractivity (Wildman–Crippen MR) is 70.0 cm³/mol. The molecule has 1 heterocycles. The minimum atomic E-state index is -4.32. The molecule has 0 aliphatic rings. The molecule has 2 N–H and O–H groups in total. The summed E-state index contributed by atoms with van der Waals surface area (Å²) in [6.07, 6.45) is -2.84. The van der Waals surface area contributed by atoms with Crippen molar-refractivity contribution in [3.8, 4) is 0 Å². The molecule has 0 saturated carbocycles. The highest BCUT2D eigenvalue weighted by atomic mass is 19.4. The summed E-state index contributed by atoms with van der Waals surface area (Å²) in [7, 11) is 0. The predicted octanol–water partition coefficient (Wildman–Crippen LogP) is 3.57. The maximum absolute atomic E-state index is 13.1. The van der Waals surface area contributed by atoms with Gasteiger partial charge in [-0.1, -0.05) is 12.1 Å². The first-order chi connectivity index (χ1) is 8.99. The lowest BCUT2D eigenvalue weighted by Crippen LogP contribution is -2.10. The van der Waals surface area contributed by atoms with Gasteiger partial charge in [-0.25, -0.2) is 0 Å². The highest BCUT2D eigenvalue weighted by Crippen LogP contribution is 2.36. The fourth-order valence-electron chi connectivity index (χ4n) is 2.46. The van der Waals surface area contributed by atoms with E-state index in [0.717, 1.165) is 18.2 Å². The fourth-order valence-corrected chi connectivity index (χ4v) is 2.46. The summed E-state index contributed by atoms with van der Waals surface area (Å²) < 4.78 is 40.9. The van der Waals surface area contributed by atoms with Crippen LogP contribution in [0, 0.1) is 0 Å².